The van der Waals surface area contributed by atoms with Crippen molar-refractivity contribution in [1.82, 2.24) is 39.9 Å². The molecule has 0 spiro atoms. The average Bonchev–Trinajstić information content (AvgIpc) is 0.746. The number of hydrogen-bond acceptors (Lipinski definition) is 8. The number of hydrogen-bond donors (Lipinski definition) is 0. The van der Waals surface area contributed by atoms with Crippen molar-refractivity contribution in [2.45, 2.75) is 0 Å². The molecule has 0 N–H and O–H groups in total. The van der Waals surface area contributed by atoms with Crippen molar-refractivity contribution in [2.24, 2.45) is 0 Å². The molecule has 0 bridgehead atoms. The third-order valence-corrected chi connectivity index (χ3v) is 27.6. The minimum Gasteiger partial charge on any atom is -0.264 e. The highest BCUT2D eigenvalue weighted by molar-refractivity contribution is 6.28. The first-order valence-corrected chi connectivity index (χ1v) is 48.7. The summed E-state index contributed by atoms with van der Waals surface area (Å²) in [6.07, 6.45) is 7.29. The van der Waals surface area contributed by atoms with Gasteiger partial charge >= 0.3 is 0 Å². The Morgan fingerprint density at radius 2 is 0.292 bits per heavy atom. The normalized spacial score (nSPS) is 11.3. The molecule has 27 rings (SSSR count). The van der Waals surface area contributed by atoms with Crippen LogP contribution in [0.1, 0.15) is 0 Å². The van der Waals surface area contributed by atoms with Gasteiger partial charge in [-0.1, -0.05) is 413 Å². The number of nitrogens with zero attached hydrogens (tertiary/aromatic N) is 8. The lowest BCUT2D eigenvalue weighted by Gasteiger charge is -2.13. The molecule has 0 amide bonds. The molecule has 22 aromatic carbocycles. The van der Waals surface area contributed by atoms with E-state index in [4.69, 9.17) is 29.9 Å². The van der Waals surface area contributed by atoms with Crippen molar-refractivity contribution in [2.75, 3.05) is 0 Å². The Morgan fingerprint density at radius 1 is 0.0972 bits per heavy atom. The van der Waals surface area contributed by atoms with E-state index in [1.54, 1.807) is 12.4 Å². The molecule has 0 aliphatic rings. The van der Waals surface area contributed by atoms with Gasteiger partial charge in [-0.3, -0.25) is 9.97 Å². The van der Waals surface area contributed by atoms with E-state index in [0.29, 0.717) is 23.3 Å². The van der Waals surface area contributed by atoms with Crippen molar-refractivity contribution in [3.8, 4) is 168 Å². The highest BCUT2D eigenvalue weighted by Gasteiger charge is 2.21. The van der Waals surface area contributed by atoms with Gasteiger partial charge in [0.05, 0.1) is 22.8 Å². The van der Waals surface area contributed by atoms with Crippen LogP contribution in [-0.2, 0) is 0 Å². The first-order valence-electron chi connectivity index (χ1n) is 48.7. The van der Waals surface area contributed by atoms with Gasteiger partial charge in [0.15, 0.2) is 23.3 Å². The summed E-state index contributed by atoms with van der Waals surface area (Å²) < 4.78 is 0. The summed E-state index contributed by atoms with van der Waals surface area (Å²) in [5, 5.41) is 23.1. The molecule has 27 aromatic rings. The molecule has 0 saturated heterocycles. The number of aromatic nitrogens is 8. The van der Waals surface area contributed by atoms with Crippen molar-refractivity contribution in [3.05, 3.63) is 534 Å². The van der Waals surface area contributed by atoms with Crippen LogP contribution in [0.15, 0.2) is 534 Å². The monoisotopic (exact) mass is 1830 g/mol. The summed E-state index contributed by atoms with van der Waals surface area (Å²) in [4.78, 5) is 38.6. The first kappa shape index (κ1) is 86.3. The highest BCUT2D eigenvalue weighted by Crippen LogP contribution is 2.45. The quantitative estimate of drug-likeness (QED) is 0.0935. The molecule has 8 nitrogen and oxygen atoms in total. The van der Waals surface area contributed by atoms with Crippen LogP contribution < -0.4 is 0 Å². The molecule has 0 radical (unpaired) electrons. The van der Waals surface area contributed by atoms with Crippen LogP contribution >= 0.6 is 0 Å². The Balaban J connectivity index is 0.000000113. The molecule has 0 aliphatic heterocycles. The van der Waals surface area contributed by atoms with E-state index in [1.807, 2.05) is 134 Å². The predicted molar refractivity (Wildman–Crippen MR) is 601 cm³/mol. The zero-order valence-corrected chi connectivity index (χ0v) is 78.4. The van der Waals surface area contributed by atoms with Crippen LogP contribution in [-0.4, -0.2) is 39.9 Å². The molecule has 0 atom stereocenters. The van der Waals surface area contributed by atoms with Crippen molar-refractivity contribution in [1.29, 1.82) is 0 Å². The lowest BCUT2D eigenvalue weighted by Crippen LogP contribution is -2.00. The maximum absolute atomic E-state index is 5.06. The van der Waals surface area contributed by atoms with Gasteiger partial charge in [-0.05, 0) is 272 Å². The van der Waals surface area contributed by atoms with Gasteiger partial charge < -0.3 is 0 Å². The van der Waals surface area contributed by atoms with Crippen LogP contribution in [0.3, 0.4) is 0 Å². The zero-order valence-electron chi connectivity index (χ0n) is 78.4. The second-order valence-corrected chi connectivity index (χ2v) is 36.4. The van der Waals surface area contributed by atoms with E-state index in [-0.39, 0.29) is 0 Å². The maximum atomic E-state index is 5.06. The van der Waals surface area contributed by atoms with E-state index in [0.717, 1.165) is 106 Å². The van der Waals surface area contributed by atoms with Crippen LogP contribution in [0.4, 0.5) is 0 Å². The molecular formula is C136H88N8. The SMILES string of the molecule is c1cc(-c2cccc(-c3ccc4c5ccccc5c5ccccc5c4c3)c2)cc(-c2cc(-c3cccnc3)nc(-c3cccnc3)c2)c1.c1ccc(-c2cc(-c3ccccc3)nc(-c3cccc(-c4cccc(-c5ccc6c7ccccc7c7ccccc7c6c5)c4)c3)n2)cc1.c1ccc(-c2nc(-c3ccccc3)nc(-c3cccc(-c4cccc(-c5ccc6c7ccccc7c7ccccc7c6c5)c4)c3)n2)cc1. The third kappa shape index (κ3) is 17.1. The van der Waals surface area contributed by atoms with Gasteiger partial charge in [0.2, 0.25) is 0 Å². The van der Waals surface area contributed by atoms with E-state index < -0.39 is 0 Å². The largest absolute Gasteiger partial charge is 0.264 e. The molecule has 0 saturated carbocycles. The molecular weight excluding hydrogens is 1750 g/mol. The summed E-state index contributed by atoms with van der Waals surface area (Å²) >= 11 is 0. The fourth-order valence-corrected chi connectivity index (χ4v) is 20.5. The molecule has 0 unspecified atom stereocenters. The molecule has 5 heterocycles. The van der Waals surface area contributed by atoms with E-state index >= 15 is 0 Å². The number of pyridine rings is 3. The van der Waals surface area contributed by atoms with Crippen molar-refractivity contribution in [3.63, 3.8) is 0 Å². The number of benzene rings is 22. The Bertz CT molecular complexity index is 8420. The van der Waals surface area contributed by atoms with Crippen LogP contribution in [0.2, 0.25) is 0 Å². The summed E-state index contributed by atoms with van der Waals surface area (Å²) in [6, 6.07) is 181. The lowest BCUT2D eigenvalue weighted by atomic mass is 9.91. The lowest BCUT2D eigenvalue weighted by molar-refractivity contribution is 1.07. The fraction of sp³-hybridized carbons (Fsp3) is 0. The maximum Gasteiger partial charge on any atom is 0.164 e. The van der Waals surface area contributed by atoms with E-state index in [2.05, 4.69) is 398 Å². The molecule has 8 heteroatoms. The van der Waals surface area contributed by atoms with Gasteiger partial charge in [-0.25, -0.2) is 29.9 Å². The summed E-state index contributed by atoms with van der Waals surface area (Å²) in [7, 11) is 0. The fourth-order valence-electron chi connectivity index (χ4n) is 20.5. The van der Waals surface area contributed by atoms with Crippen LogP contribution in [0, 0.1) is 0 Å². The second kappa shape index (κ2) is 38.2. The number of rotatable bonds is 15. The van der Waals surface area contributed by atoms with Crippen molar-refractivity contribution >= 4 is 97.0 Å². The molecule has 5 aromatic heterocycles. The topological polar surface area (TPSA) is 103 Å². The van der Waals surface area contributed by atoms with E-state index in [1.165, 1.54) is 136 Å². The minimum atomic E-state index is 0.648. The van der Waals surface area contributed by atoms with Crippen molar-refractivity contribution < 1.29 is 0 Å². The molecule has 0 fully saturated rings. The van der Waals surface area contributed by atoms with Crippen LogP contribution in [0.5, 0.6) is 0 Å². The van der Waals surface area contributed by atoms with Gasteiger partial charge in [-0.15, -0.1) is 0 Å². The summed E-state index contributed by atoms with van der Waals surface area (Å²) in [5.41, 5.74) is 27.7. The average molecular weight is 1830 g/mol. The first-order chi connectivity index (χ1) is 71.3. The Morgan fingerprint density at radius 3 is 0.562 bits per heavy atom. The molecule has 0 aliphatic carbocycles. The molecule has 144 heavy (non-hydrogen) atoms. The summed E-state index contributed by atoms with van der Waals surface area (Å²) in [6.45, 7) is 0. The second-order valence-electron chi connectivity index (χ2n) is 36.4. The standard InChI is InChI=1S/C46H30N2.2C45H29N3/c1-3-13-31(14-4-1)44-30-45(32-15-5-2-6-16-32)48-46(47-44)37-20-12-19-35(28-37)33-17-11-18-34(27-33)36-25-26-42-40-23-8-7-21-38(40)39-22-9-10-24-41(39)43(42)29-36;1-3-13-30(14-4-1)43-46-44(31-15-5-2-6-16-31)48-45(47-43)36-20-12-19-34(28-36)32-17-11-18-33(27-32)35-25-26-41-39-23-8-7-21-37(39)38-22-9-10-24-40(38)42(41)29-35;1-2-17-40-38(15-1)39-16-3-4-18-41(39)43-25-34(19-20-42(40)43)32-11-5-9-30(23-32)31-10-6-12-33(24-31)37-26-44(35-13-7-21-46-28-35)48-45(27-37)36-14-8-22-47-29-36/h1-30H;2*1-29H. The third-order valence-electron chi connectivity index (χ3n) is 27.6. The minimum absolute atomic E-state index is 0.648. The van der Waals surface area contributed by atoms with Gasteiger partial charge in [0.1, 0.15) is 0 Å². The Hall–Kier alpha value is -19.3. The van der Waals surface area contributed by atoms with Gasteiger partial charge in [0.25, 0.3) is 0 Å². The number of fused-ring (bicyclic) bond motifs is 18. The van der Waals surface area contributed by atoms with Gasteiger partial charge in [0, 0.05) is 69.3 Å². The van der Waals surface area contributed by atoms with Gasteiger partial charge in [-0.2, -0.15) is 0 Å². The Labute approximate surface area is 833 Å². The summed E-state index contributed by atoms with van der Waals surface area (Å²) in [5.74, 6) is 2.67. The van der Waals surface area contributed by atoms with E-state index in [9.17, 15) is 0 Å². The Kier molecular flexibility index (Phi) is 22.9. The zero-order chi connectivity index (χ0) is 95.6. The smallest absolute Gasteiger partial charge is 0.164 e. The van der Waals surface area contributed by atoms with Crippen LogP contribution in [0.25, 0.3) is 265 Å². The molecule has 672 valence electrons. The highest BCUT2D eigenvalue weighted by atomic mass is 15.0. The predicted octanol–water partition coefficient (Wildman–Crippen LogP) is 35.6.